The van der Waals surface area contributed by atoms with E-state index >= 15 is 0 Å². The van der Waals surface area contributed by atoms with Crippen molar-refractivity contribution in [2.75, 3.05) is 7.05 Å². The van der Waals surface area contributed by atoms with E-state index in [1.165, 1.54) is 0 Å². The Kier molecular flexibility index (Phi) is 4.95. The van der Waals surface area contributed by atoms with Crippen molar-refractivity contribution in [3.05, 3.63) is 20.8 Å². The fourth-order valence-corrected chi connectivity index (χ4v) is 3.00. The van der Waals surface area contributed by atoms with E-state index in [9.17, 15) is 4.79 Å². The smallest absolute Gasteiger partial charge is 0.321 e. The van der Waals surface area contributed by atoms with Crippen LogP contribution in [0.15, 0.2) is 15.2 Å². The molecule has 0 bridgehead atoms. The Morgan fingerprint density at radius 1 is 1.62 bits per heavy atom. The second kappa shape index (κ2) is 5.80. The number of hydrogen-bond donors (Lipinski definition) is 1. The Balaban J connectivity index is 2.69. The first-order chi connectivity index (χ1) is 7.41. The van der Waals surface area contributed by atoms with Gasteiger partial charge in [0.25, 0.3) is 0 Å². The molecule has 0 radical (unpaired) electrons. The van der Waals surface area contributed by atoms with Gasteiger partial charge >= 0.3 is 5.97 Å². The van der Waals surface area contributed by atoms with Crippen molar-refractivity contribution in [2.45, 2.75) is 26.4 Å². The third-order valence-electron chi connectivity index (χ3n) is 2.41. The lowest BCUT2D eigenvalue weighted by Crippen LogP contribution is -2.41. The highest BCUT2D eigenvalue weighted by atomic mass is 79.9. The van der Waals surface area contributed by atoms with Crippen molar-refractivity contribution in [3.63, 3.8) is 0 Å². The van der Waals surface area contributed by atoms with Crippen molar-refractivity contribution >= 4 is 33.2 Å². The molecule has 0 aliphatic heterocycles. The van der Waals surface area contributed by atoms with Gasteiger partial charge in [-0.1, -0.05) is 13.8 Å². The second-order valence-corrected chi connectivity index (χ2v) is 6.49. The first-order valence-corrected chi connectivity index (χ1v) is 6.75. The topological polar surface area (TPSA) is 40.5 Å². The van der Waals surface area contributed by atoms with Crippen LogP contribution >= 0.6 is 27.3 Å². The van der Waals surface area contributed by atoms with Crippen molar-refractivity contribution in [3.8, 4) is 0 Å². The molecule has 1 aromatic heterocycles. The Morgan fingerprint density at radius 2 is 2.25 bits per heavy atom. The molecule has 0 aliphatic carbocycles. The van der Waals surface area contributed by atoms with E-state index in [0.29, 0.717) is 6.54 Å². The first-order valence-electron chi connectivity index (χ1n) is 5.07. The highest BCUT2D eigenvalue weighted by Crippen LogP contribution is 2.22. The van der Waals surface area contributed by atoms with Gasteiger partial charge in [-0.15, -0.1) is 11.3 Å². The van der Waals surface area contributed by atoms with Crippen LogP contribution < -0.4 is 0 Å². The number of rotatable bonds is 5. The summed E-state index contributed by atoms with van der Waals surface area (Å²) in [7, 11) is 1.85. The molecule has 1 heterocycles. The van der Waals surface area contributed by atoms with Crippen LogP contribution in [-0.2, 0) is 11.3 Å². The molecule has 3 nitrogen and oxygen atoms in total. The van der Waals surface area contributed by atoms with E-state index in [2.05, 4.69) is 15.9 Å². The summed E-state index contributed by atoms with van der Waals surface area (Å²) >= 11 is 5.02. The molecule has 16 heavy (non-hydrogen) atoms. The third-order valence-corrected chi connectivity index (χ3v) is 3.97. The lowest BCUT2D eigenvalue weighted by Gasteiger charge is -2.27. The number of halogens is 1. The molecular weight excluding hydrogens is 290 g/mol. The standard InChI is InChI=1S/C11H16BrNO2S/c1-7(2)10(11(14)15)13(3)5-8-4-9(12)16-6-8/h4,6-7,10H,5H2,1-3H3,(H,14,15). The second-order valence-electron chi connectivity index (χ2n) is 4.20. The molecule has 90 valence electrons. The molecule has 0 saturated heterocycles. The molecule has 1 unspecified atom stereocenters. The molecule has 1 rings (SSSR count). The predicted octanol–water partition coefficient (Wildman–Crippen LogP) is 3.05. The van der Waals surface area contributed by atoms with Gasteiger partial charge in [-0.05, 0) is 45.9 Å². The molecule has 0 aliphatic rings. The predicted molar refractivity (Wildman–Crippen MR) is 69.7 cm³/mol. The zero-order valence-electron chi connectivity index (χ0n) is 9.61. The summed E-state index contributed by atoms with van der Waals surface area (Å²) in [5, 5.41) is 11.2. The monoisotopic (exact) mass is 305 g/mol. The summed E-state index contributed by atoms with van der Waals surface area (Å²) in [5.41, 5.74) is 1.14. The van der Waals surface area contributed by atoms with E-state index in [1.807, 2.05) is 37.2 Å². The van der Waals surface area contributed by atoms with Gasteiger partial charge < -0.3 is 5.11 Å². The summed E-state index contributed by atoms with van der Waals surface area (Å²) in [6, 6.07) is 1.60. The lowest BCUT2D eigenvalue weighted by atomic mass is 10.0. The molecule has 0 amide bonds. The first kappa shape index (κ1) is 13.7. The van der Waals surface area contributed by atoms with Crippen LogP contribution in [0.2, 0.25) is 0 Å². The molecule has 1 aromatic rings. The van der Waals surface area contributed by atoms with Gasteiger partial charge in [-0.25, -0.2) is 0 Å². The molecule has 1 N–H and O–H groups in total. The van der Waals surface area contributed by atoms with Crippen molar-refractivity contribution in [2.24, 2.45) is 5.92 Å². The number of aliphatic carboxylic acids is 1. The van der Waals surface area contributed by atoms with Gasteiger partial charge in [-0.3, -0.25) is 9.69 Å². The zero-order valence-corrected chi connectivity index (χ0v) is 12.0. The third kappa shape index (κ3) is 3.57. The normalized spacial score (nSPS) is 13.4. The minimum atomic E-state index is -0.758. The molecule has 1 atom stereocenters. The van der Waals surface area contributed by atoms with Crippen molar-refractivity contribution in [1.82, 2.24) is 4.90 Å². The number of hydrogen-bond acceptors (Lipinski definition) is 3. The molecule has 0 saturated carbocycles. The minimum Gasteiger partial charge on any atom is -0.480 e. The Hall–Kier alpha value is -0.390. The van der Waals surface area contributed by atoms with E-state index in [-0.39, 0.29) is 5.92 Å². The average molecular weight is 306 g/mol. The van der Waals surface area contributed by atoms with Crippen molar-refractivity contribution < 1.29 is 9.90 Å². The molecule has 0 aromatic carbocycles. The summed E-state index contributed by atoms with van der Waals surface area (Å²) in [5.74, 6) is -0.656. The Bertz CT molecular complexity index is 365. The van der Waals surface area contributed by atoms with Gasteiger partial charge in [0.15, 0.2) is 0 Å². The quantitative estimate of drug-likeness (QED) is 0.909. The van der Waals surface area contributed by atoms with Crippen LogP contribution in [-0.4, -0.2) is 29.1 Å². The summed E-state index contributed by atoms with van der Waals surface area (Å²) in [4.78, 5) is 13.0. The van der Waals surface area contributed by atoms with E-state index in [0.717, 1.165) is 9.35 Å². The van der Waals surface area contributed by atoms with Crippen LogP contribution in [0, 0.1) is 5.92 Å². The maximum Gasteiger partial charge on any atom is 0.321 e. The molecule has 0 spiro atoms. The van der Waals surface area contributed by atoms with E-state index in [1.54, 1.807) is 11.3 Å². The summed E-state index contributed by atoms with van der Waals surface area (Å²) in [6.07, 6.45) is 0. The number of likely N-dealkylation sites (N-methyl/N-ethyl adjacent to an activating group) is 1. The van der Waals surface area contributed by atoms with Gasteiger partial charge in [0, 0.05) is 6.54 Å². The molecule has 5 heteroatoms. The van der Waals surface area contributed by atoms with Crippen LogP contribution in [0.1, 0.15) is 19.4 Å². The Morgan fingerprint density at radius 3 is 2.62 bits per heavy atom. The summed E-state index contributed by atoms with van der Waals surface area (Å²) in [6.45, 7) is 4.52. The lowest BCUT2D eigenvalue weighted by molar-refractivity contribution is -0.144. The number of carboxylic acid groups (broad SMARTS) is 1. The van der Waals surface area contributed by atoms with Gasteiger partial charge in [0.2, 0.25) is 0 Å². The zero-order chi connectivity index (χ0) is 12.3. The number of carboxylic acids is 1. The number of carbonyl (C=O) groups is 1. The Labute approximate surface area is 108 Å². The molecular formula is C11H16BrNO2S. The van der Waals surface area contributed by atoms with Crippen LogP contribution in [0.5, 0.6) is 0 Å². The fraction of sp³-hybridized carbons (Fsp3) is 0.545. The highest BCUT2D eigenvalue weighted by molar-refractivity contribution is 9.11. The van der Waals surface area contributed by atoms with Crippen molar-refractivity contribution in [1.29, 1.82) is 0 Å². The van der Waals surface area contributed by atoms with Gasteiger partial charge in [0.05, 0.1) is 3.79 Å². The minimum absolute atomic E-state index is 0.101. The maximum atomic E-state index is 11.1. The highest BCUT2D eigenvalue weighted by Gasteiger charge is 2.26. The SMILES string of the molecule is CC(C)C(C(=O)O)N(C)Cc1csc(Br)c1. The summed E-state index contributed by atoms with van der Waals surface area (Å²) < 4.78 is 1.08. The fourth-order valence-electron chi connectivity index (χ4n) is 1.80. The van der Waals surface area contributed by atoms with Gasteiger partial charge in [0.1, 0.15) is 6.04 Å². The van der Waals surface area contributed by atoms with E-state index < -0.39 is 12.0 Å². The van der Waals surface area contributed by atoms with E-state index in [4.69, 9.17) is 5.11 Å². The average Bonchev–Trinajstić information content (AvgIpc) is 2.49. The maximum absolute atomic E-state index is 11.1. The number of thiophene rings is 1. The largest absolute Gasteiger partial charge is 0.480 e. The van der Waals surface area contributed by atoms with Crippen LogP contribution in [0.3, 0.4) is 0 Å². The molecule has 0 fully saturated rings. The number of nitrogens with zero attached hydrogens (tertiary/aromatic N) is 1. The van der Waals surface area contributed by atoms with Crippen LogP contribution in [0.4, 0.5) is 0 Å². The van der Waals surface area contributed by atoms with Crippen LogP contribution in [0.25, 0.3) is 0 Å². The van der Waals surface area contributed by atoms with Gasteiger partial charge in [-0.2, -0.15) is 0 Å².